The molecular weight excluding hydrogens is 230 g/mol. The van der Waals surface area contributed by atoms with Crippen molar-refractivity contribution in [3.05, 3.63) is 0 Å². The van der Waals surface area contributed by atoms with Crippen LogP contribution in [0.1, 0.15) is 46.0 Å². The second-order valence-electron chi connectivity index (χ2n) is 5.37. The van der Waals surface area contributed by atoms with Crippen LogP contribution in [0.2, 0.25) is 0 Å². The fourth-order valence-electron chi connectivity index (χ4n) is 2.38. The summed E-state index contributed by atoms with van der Waals surface area (Å²) in [7, 11) is 0. The van der Waals surface area contributed by atoms with E-state index in [1.54, 1.807) is 0 Å². The molecule has 1 aliphatic rings. The topological polar surface area (TPSA) is 58.6 Å². The number of aliphatic hydroxyl groups excluding tert-OH is 1. The van der Waals surface area contributed by atoms with Crippen molar-refractivity contribution in [2.24, 2.45) is 11.8 Å². The number of aliphatic hydroxyl groups is 1. The van der Waals surface area contributed by atoms with E-state index in [4.69, 9.17) is 9.84 Å². The van der Waals surface area contributed by atoms with Crippen LogP contribution >= 0.6 is 0 Å². The van der Waals surface area contributed by atoms with Crippen molar-refractivity contribution in [3.63, 3.8) is 0 Å². The monoisotopic (exact) mass is 257 g/mol. The maximum absolute atomic E-state index is 12.0. The number of hydrogen-bond donors (Lipinski definition) is 2. The van der Waals surface area contributed by atoms with E-state index in [0.29, 0.717) is 19.1 Å². The fraction of sp³-hybridized carbons (Fsp3) is 0.929. The maximum atomic E-state index is 12.0. The number of amides is 1. The molecular formula is C14H27NO3. The summed E-state index contributed by atoms with van der Waals surface area (Å²) in [6, 6.07) is 0. The van der Waals surface area contributed by atoms with Crippen molar-refractivity contribution in [2.75, 3.05) is 19.8 Å². The van der Waals surface area contributed by atoms with E-state index in [-0.39, 0.29) is 24.5 Å². The van der Waals surface area contributed by atoms with E-state index < -0.39 is 0 Å². The van der Waals surface area contributed by atoms with Crippen molar-refractivity contribution >= 4 is 5.91 Å². The quantitative estimate of drug-likeness (QED) is 0.730. The second-order valence-corrected chi connectivity index (χ2v) is 5.37. The number of ether oxygens (including phenoxy) is 1. The summed E-state index contributed by atoms with van der Waals surface area (Å²) in [4.78, 5) is 12.0. The van der Waals surface area contributed by atoms with Gasteiger partial charge < -0.3 is 15.2 Å². The van der Waals surface area contributed by atoms with Gasteiger partial charge in [-0.2, -0.15) is 0 Å². The Hall–Kier alpha value is -0.610. The van der Waals surface area contributed by atoms with E-state index in [1.807, 2.05) is 6.92 Å². The van der Waals surface area contributed by atoms with Crippen LogP contribution in [0.5, 0.6) is 0 Å². The molecule has 1 rings (SSSR count). The zero-order chi connectivity index (χ0) is 13.4. The lowest BCUT2D eigenvalue weighted by atomic mass is 9.92. The zero-order valence-electron chi connectivity index (χ0n) is 11.7. The molecule has 1 fully saturated rings. The highest BCUT2D eigenvalue weighted by molar-refractivity contribution is 5.78. The third kappa shape index (κ3) is 5.36. The molecule has 1 amide bonds. The van der Waals surface area contributed by atoms with Crippen LogP contribution in [0, 0.1) is 11.8 Å². The summed E-state index contributed by atoms with van der Waals surface area (Å²) in [5.41, 5.74) is 0. The lowest BCUT2D eigenvalue weighted by Gasteiger charge is -2.29. The standard InChI is InChI=1S/C14H27NO3/c1-3-4-13-9-12(6-8-18-13)14(17)15-10-11(2)5-7-16/h11-13,16H,3-10H2,1-2H3,(H,15,17). The molecule has 0 aromatic rings. The highest BCUT2D eigenvalue weighted by Crippen LogP contribution is 2.23. The molecule has 0 aromatic heterocycles. The van der Waals surface area contributed by atoms with Crippen LogP contribution in [0.25, 0.3) is 0 Å². The molecule has 4 nitrogen and oxygen atoms in total. The minimum absolute atomic E-state index is 0.108. The summed E-state index contributed by atoms with van der Waals surface area (Å²) in [5, 5.41) is 11.8. The van der Waals surface area contributed by atoms with Gasteiger partial charge in [-0.3, -0.25) is 4.79 Å². The first-order valence-electron chi connectivity index (χ1n) is 7.17. The van der Waals surface area contributed by atoms with Crippen molar-refractivity contribution in [3.8, 4) is 0 Å². The second kappa shape index (κ2) is 8.48. The molecule has 1 aliphatic heterocycles. The van der Waals surface area contributed by atoms with E-state index in [9.17, 15) is 4.79 Å². The zero-order valence-corrected chi connectivity index (χ0v) is 11.7. The van der Waals surface area contributed by atoms with Gasteiger partial charge in [0.2, 0.25) is 5.91 Å². The number of nitrogens with one attached hydrogen (secondary N) is 1. The Morgan fingerprint density at radius 3 is 3.00 bits per heavy atom. The van der Waals surface area contributed by atoms with Gasteiger partial charge in [0.25, 0.3) is 0 Å². The maximum Gasteiger partial charge on any atom is 0.223 e. The molecule has 1 heterocycles. The van der Waals surface area contributed by atoms with Crippen LogP contribution in [0.3, 0.4) is 0 Å². The fourth-order valence-corrected chi connectivity index (χ4v) is 2.38. The number of hydrogen-bond acceptors (Lipinski definition) is 3. The predicted octanol–water partition coefficient (Wildman–Crippen LogP) is 1.72. The van der Waals surface area contributed by atoms with Gasteiger partial charge in [0.05, 0.1) is 6.10 Å². The van der Waals surface area contributed by atoms with Crippen molar-refractivity contribution in [1.82, 2.24) is 5.32 Å². The Kier molecular flexibility index (Phi) is 7.28. The summed E-state index contributed by atoms with van der Waals surface area (Å²) in [5.74, 6) is 0.603. The molecule has 4 heteroatoms. The van der Waals surface area contributed by atoms with E-state index >= 15 is 0 Å². The van der Waals surface area contributed by atoms with Gasteiger partial charge in [-0.15, -0.1) is 0 Å². The van der Waals surface area contributed by atoms with Crippen LogP contribution in [-0.4, -0.2) is 36.9 Å². The average Bonchev–Trinajstić information content (AvgIpc) is 2.37. The van der Waals surface area contributed by atoms with Crippen LogP contribution in [-0.2, 0) is 9.53 Å². The smallest absolute Gasteiger partial charge is 0.223 e. The Morgan fingerprint density at radius 1 is 1.56 bits per heavy atom. The SMILES string of the molecule is CCCC1CC(C(=O)NCC(C)CCO)CCO1. The number of carbonyl (C=O) groups excluding carboxylic acids is 1. The molecule has 0 bridgehead atoms. The van der Waals surface area contributed by atoms with E-state index in [1.165, 1.54) is 0 Å². The van der Waals surface area contributed by atoms with Crippen LogP contribution in [0.4, 0.5) is 0 Å². The molecule has 0 aromatic carbocycles. The molecule has 3 unspecified atom stereocenters. The molecule has 0 radical (unpaired) electrons. The molecule has 18 heavy (non-hydrogen) atoms. The largest absolute Gasteiger partial charge is 0.396 e. The average molecular weight is 257 g/mol. The van der Waals surface area contributed by atoms with Crippen LogP contribution < -0.4 is 5.32 Å². The Balaban J connectivity index is 2.28. The van der Waals surface area contributed by atoms with Gasteiger partial charge in [0.1, 0.15) is 0 Å². The normalized spacial score (nSPS) is 25.7. The molecule has 0 saturated carbocycles. The third-order valence-electron chi connectivity index (χ3n) is 3.60. The first-order valence-corrected chi connectivity index (χ1v) is 7.17. The van der Waals surface area contributed by atoms with Gasteiger partial charge >= 0.3 is 0 Å². The van der Waals surface area contributed by atoms with Gasteiger partial charge in [-0.05, 0) is 31.6 Å². The van der Waals surface area contributed by atoms with E-state index in [2.05, 4.69) is 12.2 Å². The van der Waals surface area contributed by atoms with Gasteiger partial charge in [-0.1, -0.05) is 20.3 Å². The van der Waals surface area contributed by atoms with Gasteiger partial charge in [-0.25, -0.2) is 0 Å². The lowest BCUT2D eigenvalue weighted by Crippen LogP contribution is -2.39. The Bertz CT molecular complexity index is 243. The Morgan fingerprint density at radius 2 is 2.33 bits per heavy atom. The summed E-state index contributed by atoms with van der Waals surface area (Å²) in [6.45, 7) is 5.74. The summed E-state index contributed by atoms with van der Waals surface area (Å²) < 4.78 is 5.65. The summed E-state index contributed by atoms with van der Waals surface area (Å²) >= 11 is 0. The molecule has 106 valence electrons. The van der Waals surface area contributed by atoms with Gasteiger partial charge in [0.15, 0.2) is 0 Å². The van der Waals surface area contributed by atoms with Crippen molar-refractivity contribution in [2.45, 2.75) is 52.1 Å². The molecule has 0 spiro atoms. The first-order chi connectivity index (χ1) is 8.67. The first kappa shape index (κ1) is 15.4. The van der Waals surface area contributed by atoms with Crippen LogP contribution in [0.15, 0.2) is 0 Å². The number of rotatable bonds is 7. The Labute approximate surface area is 110 Å². The van der Waals surface area contributed by atoms with Crippen molar-refractivity contribution < 1.29 is 14.6 Å². The highest BCUT2D eigenvalue weighted by Gasteiger charge is 2.27. The molecule has 1 saturated heterocycles. The highest BCUT2D eigenvalue weighted by atomic mass is 16.5. The predicted molar refractivity (Wildman–Crippen MR) is 71.2 cm³/mol. The van der Waals surface area contributed by atoms with E-state index in [0.717, 1.165) is 32.1 Å². The lowest BCUT2D eigenvalue weighted by molar-refractivity contribution is -0.130. The van der Waals surface area contributed by atoms with Crippen molar-refractivity contribution in [1.29, 1.82) is 0 Å². The molecule has 3 atom stereocenters. The minimum Gasteiger partial charge on any atom is -0.396 e. The third-order valence-corrected chi connectivity index (χ3v) is 3.60. The molecule has 0 aliphatic carbocycles. The minimum atomic E-state index is 0.108. The summed E-state index contributed by atoms with van der Waals surface area (Å²) in [6.07, 6.45) is 4.84. The molecule has 2 N–H and O–H groups in total. The number of carbonyl (C=O) groups is 1. The van der Waals surface area contributed by atoms with Gasteiger partial charge in [0, 0.05) is 25.7 Å².